The highest BCUT2D eigenvalue weighted by Crippen LogP contribution is 2.24. The number of carboxylic acids is 1. The molecule has 1 rings (SSSR count). The first kappa shape index (κ1) is 15.6. The number of carboxylic acid groups (broad SMARTS) is 1. The number of benzene rings is 1. The zero-order valence-electron chi connectivity index (χ0n) is 9.88. The van der Waals surface area contributed by atoms with E-state index in [9.17, 15) is 18.4 Å². The van der Waals surface area contributed by atoms with Crippen LogP contribution in [0.3, 0.4) is 0 Å². The van der Waals surface area contributed by atoms with Crippen LogP contribution in [0, 0.1) is 11.6 Å². The number of anilines is 1. The van der Waals surface area contributed by atoms with Gasteiger partial charge in [0.15, 0.2) is 11.6 Å². The maximum atomic E-state index is 13.4. The predicted octanol–water partition coefficient (Wildman–Crippen LogP) is 3.31. The van der Waals surface area contributed by atoms with Gasteiger partial charge in [0.05, 0.1) is 0 Å². The molecule has 2 N–H and O–H groups in total. The molecule has 0 bridgehead atoms. The SMILES string of the molecule is O=C(O)CCCCC(=O)Nc1c(F)cc(Br)cc1F. The Kier molecular flexibility index (Phi) is 5.88. The van der Waals surface area contributed by atoms with Crippen LogP contribution in [0.4, 0.5) is 14.5 Å². The minimum absolute atomic E-state index is 0.0161. The summed E-state index contributed by atoms with van der Waals surface area (Å²) < 4.78 is 27.0. The van der Waals surface area contributed by atoms with Gasteiger partial charge in [-0.2, -0.15) is 0 Å². The molecule has 0 aliphatic rings. The number of unbranched alkanes of at least 4 members (excludes halogenated alkanes) is 1. The van der Waals surface area contributed by atoms with Crippen molar-refractivity contribution in [2.75, 3.05) is 5.32 Å². The molecule has 0 radical (unpaired) electrons. The Hall–Kier alpha value is -1.50. The second-order valence-corrected chi connectivity index (χ2v) is 4.81. The Balaban J connectivity index is 2.51. The number of carbonyl (C=O) groups is 2. The fraction of sp³-hybridized carbons (Fsp3) is 0.333. The zero-order chi connectivity index (χ0) is 14.4. The van der Waals surface area contributed by atoms with Crippen molar-refractivity contribution in [2.45, 2.75) is 25.7 Å². The molecule has 0 saturated heterocycles. The van der Waals surface area contributed by atoms with E-state index in [1.807, 2.05) is 0 Å². The van der Waals surface area contributed by atoms with Crippen molar-refractivity contribution in [2.24, 2.45) is 0 Å². The van der Waals surface area contributed by atoms with Crippen LogP contribution in [-0.2, 0) is 9.59 Å². The molecule has 0 aliphatic carbocycles. The lowest BCUT2D eigenvalue weighted by Crippen LogP contribution is -2.14. The summed E-state index contributed by atoms with van der Waals surface area (Å²) in [7, 11) is 0. The van der Waals surface area contributed by atoms with E-state index in [1.165, 1.54) is 0 Å². The lowest BCUT2D eigenvalue weighted by atomic mass is 10.2. The summed E-state index contributed by atoms with van der Waals surface area (Å²) in [5, 5.41) is 10.5. The summed E-state index contributed by atoms with van der Waals surface area (Å²) >= 11 is 2.93. The van der Waals surface area contributed by atoms with E-state index in [0.717, 1.165) is 12.1 Å². The number of rotatable bonds is 6. The molecule has 4 nitrogen and oxygen atoms in total. The first-order valence-corrected chi connectivity index (χ1v) is 6.35. The van der Waals surface area contributed by atoms with Crippen molar-refractivity contribution in [3.8, 4) is 0 Å². The topological polar surface area (TPSA) is 66.4 Å². The first-order chi connectivity index (χ1) is 8.90. The smallest absolute Gasteiger partial charge is 0.303 e. The van der Waals surface area contributed by atoms with Crippen LogP contribution in [0.5, 0.6) is 0 Å². The number of carbonyl (C=O) groups excluding carboxylic acids is 1. The molecule has 0 heterocycles. The molecule has 0 fully saturated rings. The van der Waals surface area contributed by atoms with Gasteiger partial charge in [0.2, 0.25) is 5.91 Å². The maximum Gasteiger partial charge on any atom is 0.303 e. The average molecular weight is 336 g/mol. The molecule has 0 unspecified atom stereocenters. The van der Waals surface area contributed by atoms with Crippen molar-refractivity contribution in [3.63, 3.8) is 0 Å². The van der Waals surface area contributed by atoms with Gasteiger partial charge >= 0.3 is 5.97 Å². The lowest BCUT2D eigenvalue weighted by molar-refractivity contribution is -0.137. The Morgan fingerprint density at radius 2 is 1.68 bits per heavy atom. The van der Waals surface area contributed by atoms with E-state index >= 15 is 0 Å². The highest BCUT2D eigenvalue weighted by atomic mass is 79.9. The van der Waals surface area contributed by atoms with E-state index in [2.05, 4.69) is 21.2 Å². The number of halogens is 3. The van der Waals surface area contributed by atoms with Gasteiger partial charge in [-0.15, -0.1) is 0 Å². The summed E-state index contributed by atoms with van der Waals surface area (Å²) in [6, 6.07) is 2.09. The van der Waals surface area contributed by atoms with Gasteiger partial charge in [0.25, 0.3) is 0 Å². The Bertz CT molecular complexity index is 471. The van der Waals surface area contributed by atoms with Gasteiger partial charge in [0.1, 0.15) is 5.69 Å². The molecule has 0 aromatic heterocycles. The molecule has 0 atom stereocenters. The van der Waals surface area contributed by atoms with E-state index < -0.39 is 29.2 Å². The van der Waals surface area contributed by atoms with Gasteiger partial charge in [-0.3, -0.25) is 9.59 Å². The number of amides is 1. The Labute approximate surface area is 116 Å². The number of aliphatic carboxylic acids is 1. The summed E-state index contributed by atoms with van der Waals surface area (Å²) in [5.74, 6) is -3.23. The molecular weight excluding hydrogens is 324 g/mol. The van der Waals surface area contributed by atoms with Crippen molar-refractivity contribution >= 4 is 33.5 Å². The third kappa shape index (κ3) is 5.34. The Morgan fingerprint density at radius 1 is 1.16 bits per heavy atom. The van der Waals surface area contributed by atoms with Crippen LogP contribution in [0.15, 0.2) is 16.6 Å². The predicted molar refractivity (Wildman–Crippen MR) is 68.8 cm³/mol. The zero-order valence-corrected chi connectivity index (χ0v) is 11.5. The van der Waals surface area contributed by atoms with Gasteiger partial charge in [-0.05, 0) is 25.0 Å². The largest absolute Gasteiger partial charge is 0.481 e. The number of nitrogens with one attached hydrogen (secondary N) is 1. The third-order valence-electron chi connectivity index (χ3n) is 2.32. The number of hydrogen-bond acceptors (Lipinski definition) is 2. The van der Waals surface area contributed by atoms with Crippen LogP contribution in [0.25, 0.3) is 0 Å². The lowest BCUT2D eigenvalue weighted by Gasteiger charge is -2.08. The van der Waals surface area contributed by atoms with Crippen LogP contribution >= 0.6 is 15.9 Å². The summed E-state index contributed by atoms with van der Waals surface area (Å²) in [6.07, 6.45) is 0.669. The van der Waals surface area contributed by atoms with E-state index in [-0.39, 0.29) is 17.3 Å². The van der Waals surface area contributed by atoms with Crippen molar-refractivity contribution in [3.05, 3.63) is 28.2 Å². The molecule has 1 amide bonds. The van der Waals surface area contributed by atoms with Gasteiger partial charge < -0.3 is 10.4 Å². The average Bonchev–Trinajstić information content (AvgIpc) is 2.29. The molecule has 0 spiro atoms. The summed E-state index contributed by atoms with van der Waals surface area (Å²) in [6.45, 7) is 0. The summed E-state index contributed by atoms with van der Waals surface area (Å²) in [5.41, 5.74) is -0.494. The maximum absolute atomic E-state index is 13.4. The Morgan fingerprint density at radius 3 is 2.21 bits per heavy atom. The highest BCUT2D eigenvalue weighted by molar-refractivity contribution is 9.10. The highest BCUT2D eigenvalue weighted by Gasteiger charge is 2.13. The molecule has 0 saturated carbocycles. The molecule has 1 aromatic carbocycles. The van der Waals surface area contributed by atoms with Crippen LogP contribution in [0.2, 0.25) is 0 Å². The molecule has 104 valence electrons. The minimum Gasteiger partial charge on any atom is -0.481 e. The third-order valence-corrected chi connectivity index (χ3v) is 2.77. The second-order valence-electron chi connectivity index (χ2n) is 3.89. The fourth-order valence-electron chi connectivity index (χ4n) is 1.43. The molecule has 19 heavy (non-hydrogen) atoms. The van der Waals surface area contributed by atoms with Crippen molar-refractivity contribution in [1.82, 2.24) is 0 Å². The quantitative estimate of drug-likeness (QED) is 0.784. The van der Waals surface area contributed by atoms with E-state index in [4.69, 9.17) is 5.11 Å². The first-order valence-electron chi connectivity index (χ1n) is 5.56. The minimum atomic E-state index is -0.939. The normalized spacial score (nSPS) is 10.3. The second kappa shape index (κ2) is 7.18. The molecule has 1 aromatic rings. The standard InChI is InChI=1S/C12H12BrF2NO3/c13-7-5-8(14)12(9(15)6-7)16-10(17)3-1-2-4-11(18)19/h5-6H,1-4H2,(H,16,17)(H,18,19). The van der Waals surface area contributed by atoms with E-state index in [1.54, 1.807) is 0 Å². The van der Waals surface area contributed by atoms with Gasteiger partial charge in [-0.1, -0.05) is 15.9 Å². The molecule has 0 aliphatic heterocycles. The van der Waals surface area contributed by atoms with Crippen LogP contribution < -0.4 is 5.32 Å². The van der Waals surface area contributed by atoms with Gasteiger partial charge in [0, 0.05) is 17.3 Å². The van der Waals surface area contributed by atoms with Crippen molar-refractivity contribution in [1.29, 1.82) is 0 Å². The summed E-state index contributed by atoms with van der Waals surface area (Å²) in [4.78, 5) is 21.7. The van der Waals surface area contributed by atoms with Crippen molar-refractivity contribution < 1.29 is 23.5 Å². The van der Waals surface area contributed by atoms with Gasteiger partial charge in [-0.25, -0.2) is 8.78 Å². The number of hydrogen-bond donors (Lipinski definition) is 2. The van der Waals surface area contributed by atoms with Crippen LogP contribution in [-0.4, -0.2) is 17.0 Å². The fourth-order valence-corrected chi connectivity index (χ4v) is 1.83. The van der Waals surface area contributed by atoms with E-state index in [0.29, 0.717) is 12.8 Å². The molecule has 7 heteroatoms. The van der Waals surface area contributed by atoms with Crippen LogP contribution in [0.1, 0.15) is 25.7 Å². The monoisotopic (exact) mass is 335 g/mol. The molecular formula is C12H12BrF2NO3.